The molecule has 0 bridgehead atoms. The summed E-state index contributed by atoms with van der Waals surface area (Å²) in [5.74, 6) is 0.726. The van der Waals surface area contributed by atoms with Gasteiger partial charge in [-0.05, 0) is 65.9 Å². The lowest BCUT2D eigenvalue weighted by Gasteiger charge is -2.12. The average molecular weight is 545 g/mol. The standard InChI is InChI=1S/C33H25FN4OS/c34-31-11-10-30(40-31)26-12-14-37-33-28(26)17-29(38-33)32-27-16-23(9-8-22(27)7-4-13-36-32)24-15-25(19-35-18-24)39-20-21-5-2-1-3-6-21/h1-3,5-6,8-12,14-19H,4,7,13,20H2,(H,37,38). The van der Waals surface area contributed by atoms with E-state index in [4.69, 9.17) is 9.73 Å². The van der Waals surface area contributed by atoms with Gasteiger partial charge in [0.25, 0.3) is 0 Å². The SMILES string of the molecule is Fc1ccc(-c2ccnc3[nH]c(C4=NCCCc5ccc(-c6cncc(OCc7ccccc7)c6)cc54)cc23)s1. The van der Waals surface area contributed by atoms with Gasteiger partial charge in [-0.15, -0.1) is 11.3 Å². The second kappa shape index (κ2) is 10.5. The first-order valence-corrected chi connectivity index (χ1v) is 14.1. The van der Waals surface area contributed by atoms with E-state index in [1.807, 2.05) is 54.7 Å². The molecule has 196 valence electrons. The van der Waals surface area contributed by atoms with E-state index in [2.05, 4.69) is 39.2 Å². The molecular formula is C33H25FN4OS. The fourth-order valence-corrected chi connectivity index (χ4v) is 5.97. The molecule has 1 aliphatic rings. The van der Waals surface area contributed by atoms with Gasteiger partial charge in [-0.25, -0.2) is 4.98 Å². The maximum atomic E-state index is 13.8. The molecule has 0 unspecified atom stereocenters. The summed E-state index contributed by atoms with van der Waals surface area (Å²) in [6.07, 6.45) is 7.31. The number of nitrogens with zero attached hydrogens (tertiary/aromatic N) is 3. The first kappa shape index (κ1) is 24.4. The quantitative estimate of drug-likeness (QED) is 0.232. The third-order valence-corrected chi connectivity index (χ3v) is 8.07. The lowest BCUT2D eigenvalue weighted by Crippen LogP contribution is -2.06. The molecule has 0 amide bonds. The molecule has 6 aromatic rings. The molecule has 7 heteroatoms. The minimum atomic E-state index is -0.200. The first-order chi connectivity index (χ1) is 19.7. The fourth-order valence-electron chi connectivity index (χ4n) is 5.20. The Hall–Kier alpha value is -4.62. The topological polar surface area (TPSA) is 63.2 Å². The maximum Gasteiger partial charge on any atom is 0.176 e. The average Bonchev–Trinajstić information content (AvgIpc) is 3.57. The van der Waals surface area contributed by atoms with Gasteiger partial charge in [0, 0.05) is 45.9 Å². The van der Waals surface area contributed by atoms with Crippen LogP contribution in [0, 0.1) is 5.13 Å². The van der Waals surface area contributed by atoms with Crippen molar-refractivity contribution in [1.29, 1.82) is 0 Å². The highest BCUT2D eigenvalue weighted by Crippen LogP contribution is 2.34. The van der Waals surface area contributed by atoms with Crippen molar-refractivity contribution in [3.63, 3.8) is 0 Å². The van der Waals surface area contributed by atoms with Crippen molar-refractivity contribution in [3.05, 3.63) is 125 Å². The monoisotopic (exact) mass is 544 g/mol. The molecule has 4 aromatic heterocycles. The summed E-state index contributed by atoms with van der Waals surface area (Å²) in [4.78, 5) is 18.4. The highest BCUT2D eigenvalue weighted by Gasteiger charge is 2.20. The summed E-state index contributed by atoms with van der Waals surface area (Å²) in [5.41, 5.74) is 9.05. The number of halogens is 1. The zero-order chi connectivity index (χ0) is 26.9. The van der Waals surface area contributed by atoms with Crippen LogP contribution in [-0.2, 0) is 13.0 Å². The molecule has 0 saturated heterocycles. The molecule has 0 saturated carbocycles. The van der Waals surface area contributed by atoms with Crippen molar-refractivity contribution in [2.75, 3.05) is 6.54 Å². The first-order valence-electron chi connectivity index (χ1n) is 13.2. The van der Waals surface area contributed by atoms with Crippen LogP contribution < -0.4 is 4.74 Å². The minimum Gasteiger partial charge on any atom is -0.487 e. The fraction of sp³-hybridized carbons (Fsp3) is 0.121. The number of H-pyrrole nitrogens is 1. The van der Waals surface area contributed by atoms with E-state index < -0.39 is 0 Å². The van der Waals surface area contributed by atoms with Gasteiger partial charge in [-0.2, -0.15) is 4.39 Å². The Kier molecular flexibility index (Phi) is 6.42. The Bertz CT molecular complexity index is 1860. The predicted molar refractivity (Wildman–Crippen MR) is 159 cm³/mol. The van der Waals surface area contributed by atoms with Crippen molar-refractivity contribution in [1.82, 2.24) is 15.0 Å². The molecule has 1 aliphatic heterocycles. The van der Waals surface area contributed by atoms with Crippen molar-refractivity contribution in [2.24, 2.45) is 4.99 Å². The van der Waals surface area contributed by atoms with E-state index in [0.717, 1.165) is 91.6 Å². The molecule has 0 radical (unpaired) electrons. The number of thiophene rings is 1. The highest BCUT2D eigenvalue weighted by atomic mass is 32.1. The molecule has 0 aliphatic carbocycles. The van der Waals surface area contributed by atoms with E-state index in [9.17, 15) is 4.39 Å². The number of rotatable bonds is 6. The summed E-state index contributed by atoms with van der Waals surface area (Å²) in [5, 5.41) is 0.755. The maximum absolute atomic E-state index is 13.8. The van der Waals surface area contributed by atoms with Crippen LogP contribution in [0.15, 0.2) is 102 Å². The van der Waals surface area contributed by atoms with Crippen molar-refractivity contribution >= 4 is 28.1 Å². The zero-order valence-electron chi connectivity index (χ0n) is 21.6. The molecule has 0 atom stereocenters. The second-order valence-corrected chi connectivity index (χ2v) is 10.8. The Balaban J connectivity index is 1.24. The second-order valence-electron chi connectivity index (χ2n) is 9.80. The number of ether oxygens (including phenoxy) is 1. The summed E-state index contributed by atoms with van der Waals surface area (Å²) in [6, 6.07) is 26.0. The van der Waals surface area contributed by atoms with Crippen LogP contribution in [0.2, 0.25) is 0 Å². The summed E-state index contributed by atoms with van der Waals surface area (Å²) in [6.45, 7) is 1.23. The number of hydrogen-bond acceptors (Lipinski definition) is 5. The molecule has 40 heavy (non-hydrogen) atoms. The van der Waals surface area contributed by atoms with Crippen molar-refractivity contribution in [3.8, 4) is 27.3 Å². The Morgan fingerprint density at radius 2 is 1.82 bits per heavy atom. The number of aliphatic imine (C=N–C) groups is 1. The normalized spacial score (nSPS) is 13.1. The number of aromatic amines is 1. The molecule has 1 N–H and O–H groups in total. The number of fused-ring (bicyclic) bond motifs is 2. The van der Waals surface area contributed by atoms with Crippen LogP contribution in [0.3, 0.4) is 0 Å². The lowest BCUT2D eigenvalue weighted by molar-refractivity contribution is 0.305. The van der Waals surface area contributed by atoms with Crippen molar-refractivity contribution in [2.45, 2.75) is 19.4 Å². The molecule has 0 spiro atoms. The summed E-state index contributed by atoms with van der Waals surface area (Å²) >= 11 is 1.14. The molecule has 5 nitrogen and oxygen atoms in total. The third-order valence-electron chi connectivity index (χ3n) is 7.16. The number of benzene rings is 2. The number of hydrogen-bond donors (Lipinski definition) is 1. The summed E-state index contributed by atoms with van der Waals surface area (Å²) in [7, 11) is 0. The van der Waals surface area contributed by atoms with Crippen molar-refractivity contribution < 1.29 is 9.13 Å². The van der Waals surface area contributed by atoms with Crippen LogP contribution in [0.4, 0.5) is 4.39 Å². The van der Waals surface area contributed by atoms with Crippen LogP contribution in [-0.4, -0.2) is 27.2 Å². The molecule has 5 heterocycles. The van der Waals surface area contributed by atoms with Gasteiger partial charge < -0.3 is 9.72 Å². The van der Waals surface area contributed by atoms with Gasteiger partial charge in [0.1, 0.15) is 18.0 Å². The lowest BCUT2D eigenvalue weighted by atomic mass is 9.94. The van der Waals surface area contributed by atoms with Gasteiger partial charge in [-0.1, -0.05) is 42.5 Å². The number of nitrogens with one attached hydrogen (secondary N) is 1. The highest BCUT2D eigenvalue weighted by molar-refractivity contribution is 7.14. The van der Waals surface area contributed by atoms with Crippen LogP contribution in [0.25, 0.3) is 32.6 Å². The summed E-state index contributed by atoms with van der Waals surface area (Å²) < 4.78 is 19.8. The van der Waals surface area contributed by atoms with Gasteiger partial charge in [-0.3, -0.25) is 9.98 Å². The largest absolute Gasteiger partial charge is 0.487 e. The number of aryl methyl sites for hydroxylation is 1. The van der Waals surface area contributed by atoms with Gasteiger partial charge in [0.05, 0.1) is 17.6 Å². The Labute approximate surface area is 235 Å². The van der Waals surface area contributed by atoms with E-state index >= 15 is 0 Å². The zero-order valence-corrected chi connectivity index (χ0v) is 22.4. The predicted octanol–water partition coefficient (Wildman–Crippen LogP) is 7.86. The molecule has 7 rings (SSSR count). The third kappa shape index (κ3) is 4.80. The molecule has 0 fully saturated rings. The Morgan fingerprint density at radius 1 is 0.900 bits per heavy atom. The van der Waals surface area contributed by atoms with E-state index in [1.165, 1.54) is 11.6 Å². The number of pyridine rings is 2. The van der Waals surface area contributed by atoms with Crippen LogP contribution in [0.5, 0.6) is 5.75 Å². The van der Waals surface area contributed by atoms with E-state index in [-0.39, 0.29) is 5.13 Å². The molecular weight excluding hydrogens is 519 g/mol. The van der Waals surface area contributed by atoms with E-state index in [1.54, 1.807) is 12.4 Å². The molecule has 2 aromatic carbocycles. The van der Waals surface area contributed by atoms with E-state index in [0.29, 0.717) is 6.61 Å². The van der Waals surface area contributed by atoms with Gasteiger partial charge in [0.15, 0.2) is 5.13 Å². The van der Waals surface area contributed by atoms with Gasteiger partial charge >= 0.3 is 0 Å². The number of aromatic nitrogens is 3. The minimum absolute atomic E-state index is 0.200. The smallest absolute Gasteiger partial charge is 0.176 e. The van der Waals surface area contributed by atoms with Crippen LogP contribution >= 0.6 is 11.3 Å². The van der Waals surface area contributed by atoms with Gasteiger partial charge in [0.2, 0.25) is 0 Å². The Morgan fingerprint density at radius 3 is 2.70 bits per heavy atom. The van der Waals surface area contributed by atoms with Crippen LogP contribution in [0.1, 0.15) is 28.8 Å².